The summed E-state index contributed by atoms with van der Waals surface area (Å²) in [6.45, 7) is 0.395. The molecule has 0 aromatic heterocycles. The zero-order valence-electron chi connectivity index (χ0n) is 45.9. The predicted octanol–water partition coefficient (Wildman–Crippen LogP) is 6.63. The van der Waals surface area contributed by atoms with E-state index in [-0.39, 0.29) is 61.5 Å². The number of nitrogens with one attached hydrogen (secondary N) is 3. The van der Waals surface area contributed by atoms with Crippen LogP contribution >= 0.6 is 0 Å². The fourth-order valence-corrected chi connectivity index (χ4v) is 12.3. The highest BCUT2D eigenvalue weighted by molar-refractivity contribution is 5.96. The Morgan fingerprint density at radius 3 is 2.08 bits per heavy atom. The Hall–Kier alpha value is -8.28. The van der Waals surface area contributed by atoms with Crippen molar-refractivity contribution < 1.29 is 81.5 Å². The largest absolute Gasteiger partial charge is 0.497 e. The third-order valence-electron chi connectivity index (χ3n) is 16.1. The average Bonchev–Trinajstić information content (AvgIpc) is 2.10. The third kappa shape index (κ3) is 10.5. The lowest BCUT2D eigenvalue weighted by atomic mass is 9.70. The number of fused-ring (bicyclic) bond motifs is 6. The van der Waals surface area contributed by atoms with Crippen LogP contribution in [0.5, 0.6) is 23.0 Å². The van der Waals surface area contributed by atoms with E-state index in [2.05, 4.69) is 16.0 Å². The van der Waals surface area contributed by atoms with Crippen LogP contribution in [0.3, 0.4) is 0 Å². The van der Waals surface area contributed by atoms with Gasteiger partial charge in [-0.3, -0.25) is 9.59 Å². The normalized spacial score (nSPS) is 26.0. The number of primary amides is 1. The standard InChI is InChI=1S/C62H64N4O17/c1-73-38-26-22-36(23-27-38)62-51(34-13-6-5-7-14-34)50(55(69)75-3)53(67)61(62,72)52-46(74-2)29-39(30-47(52)83-62)80-58-57(76-4)78-33-49(82-58)48-32-77-56(81-48)35-20-24-37(25-21-35)65-54(68)45(19-12-28-64-59(63)70)66-60(71)79-31-44-42-17-10-8-15-40(42)41-16-9-11-18-43(41)44/h5-11,13-18,20-27,29-30,44-45,48-51,53,56-58,67,72H,12,19,28,31-33H2,1-4H3,(H,65,68)(H,66,71)(H3,63,64,70)/t45-,48+,49+,50+,51+,53+,56?,57+,58+,61-,62-/m0/s1. The van der Waals surface area contributed by atoms with Gasteiger partial charge in [0.2, 0.25) is 12.2 Å². The molecule has 3 heterocycles. The quantitative estimate of drug-likeness (QED) is 0.0367. The number of methoxy groups -OCH3 is 4. The molecule has 83 heavy (non-hydrogen) atoms. The number of anilines is 1. The number of esters is 1. The van der Waals surface area contributed by atoms with Crippen molar-refractivity contribution in [2.24, 2.45) is 11.7 Å². The van der Waals surface area contributed by atoms with Crippen LogP contribution in [0.15, 0.2) is 140 Å². The number of nitrogens with two attached hydrogens (primary N) is 1. The molecule has 3 aliphatic heterocycles. The van der Waals surface area contributed by atoms with Crippen LogP contribution in [0.2, 0.25) is 0 Å². The first-order chi connectivity index (χ1) is 40.3. The summed E-state index contributed by atoms with van der Waals surface area (Å²) in [5.41, 5.74) is 7.55. The number of ether oxygens (including phenoxy) is 11. The molecule has 6 aromatic carbocycles. The molecule has 0 spiro atoms. The minimum absolute atomic E-state index is 0.0437. The molecular weight excluding hydrogens is 1070 g/mol. The summed E-state index contributed by atoms with van der Waals surface area (Å²) in [6, 6.07) is 40.0. The van der Waals surface area contributed by atoms with E-state index in [9.17, 15) is 29.4 Å². The minimum atomic E-state index is -2.31. The highest BCUT2D eigenvalue weighted by atomic mass is 16.8. The van der Waals surface area contributed by atoms with Crippen molar-refractivity contribution in [3.8, 4) is 34.1 Å². The second-order valence-electron chi connectivity index (χ2n) is 20.7. The number of aliphatic hydroxyl groups is 2. The van der Waals surface area contributed by atoms with E-state index >= 15 is 0 Å². The first-order valence-corrected chi connectivity index (χ1v) is 27.2. The van der Waals surface area contributed by atoms with Crippen LogP contribution in [0.4, 0.5) is 15.3 Å². The number of carbonyl (C=O) groups excluding carboxylic acids is 4. The maximum atomic E-state index is 13.8. The summed E-state index contributed by atoms with van der Waals surface area (Å²) in [7, 11) is 5.60. The number of amides is 4. The van der Waals surface area contributed by atoms with E-state index < -0.39 is 90.3 Å². The van der Waals surface area contributed by atoms with Gasteiger partial charge in [-0.2, -0.15) is 0 Å². The lowest BCUT2D eigenvalue weighted by molar-refractivity contribution is -0.323. The van der Waals surface area contributed by atoms with Crippen molar-refractivity contribution in [2.45, 2.75) is 79.1 Å². The summed E-state index contributed by atoms with van der Waals surface area (Å²) in [4.78, 5) is 52.3. The molecule has 6 aromatic rings. The topological polar surface area (TPSA) is 272 Å². The lowest BCUT2D eigenvalue weighted by Crippen LogP contribution is -2.52. The summed E-state index contributed by atoms with van der Waals surface area (Å²) >= 11 is 0. The van der Waals surface area contributed by atoms with Gasteiger partial charge in [-0.25, -0.2) is 9.59 Å². The molecule has 0 radical (unpaired) electrons. The Balaban J connectivity index is 0.760. The number of hydrogen-bond acceptors (Lipinski definition) is 17. The van der Waals surface area contributed by atoms with Crippen LogP contribution in [-0.2, 0) is 53.9 Å². The van der Waals surface area contributed by atoms with Gasteiger partial charge in [0.25, 0.3) is 6.29 Å². The molecule has 11 atom stereocenters. The molecule has 0 bridgehead atoms. The Morgan fingerprint density at radius 2 is 1.42 bits per heavy atom. The fraction of sp³-hybridized carbons (Fsp3) is 0.355. The maximum Gasteiger partial charge on any atom is 0.407 e. The van der Waals surface area contributed by atoms with E-state index in [0.717, 1.165) is 22.3 Å². The van der Waals surface area contributed by atoms with E-state index in [1.165, 1.54) is 34.5 Å². The molecule has 3 fully saturated rings. The molecule has 21 heteroatoms. The van der Waals surface area contributed by atoms with Gasteiger partial charge in [-0.15, -0.1) is 0 Å². The van der Waals surface area contributed by atoms with Gasteiger partial charge in [-0.1, -0.05) is 103 Å². The number of aliphatic hydroxyl groups excluding tert-OH is 1. The van der Waals surface area contributed by atoms with Crippen molar-refractivity contribution in [2.75, 3.05) is 60.1 Å². The average molecular weight is 1140 g/mol. The van der Waals surface area contributed by atoms with Gasteiger partial charge in [0.05, 0.1) is 46.0 Å². The van der Waals surface area contributed by atoms with Crippen molar-refractivity contribution in [3.63, 3.8) is 0 Å². The SMILES string of the molecule is COC(=O)[C@H]1[C@@H](O)[C@@]2(O)c3c(OC)cc(O[C@@H]4O[C@@H]([C@H]5COC(c6ccc(NC(=O)[C@H](CCCNC(N)=O)NC(=O)OCC7c8ccccc8-c8ccccc87)cc6)O5)CO[C@H]4OC)cc3O[C@@]2(c2ccc(OC)cc2)[C@@H]1c1ccccc1. The second kappa shape index (κ2) is 23.9. The van der Waals surface area contributed by atoms with Crippen LogP contribution in [0, 0.1) is 5.92 Å². The van der Waals surface area contributed by atoms with Crippen LogP contribution < -0.4 is 40.6 Å². The van der Waals surface area contributed by atoms with Gasteiger partial charge in [0, 0.05) is 48.9 Å². The summed E-state index contributed by atoms with van der Waals surface area (Å²) in [5, 5.41) is 33.9. The Kier molecular flexibility index (Phi) is 16.3. The smallest absolute Gasteiger partial charge is 0.407 e. The molecule has 2 aliphatic carbocycles. The maximum absolute atomic E-state index is 13.8. The molecule has 1 unspecified atom stereocenters. The number of alkyl carbamates (subject to hydrolysis) is 1. The molecule has 11 rings (SSSR count). The monoisotopic (exact) mass is 1140 g/mol. The molecule has 4 amide bonds. The number of carbonyl (C=O) groups is 4. The van der Waals surface area contributed by atoms with Crippen molar-refractivity contribution in [3.05, 3.63) is 173 Å². The Morgan fingerprint density at radius 1 is 0.747 bits per heavy atom. The number of hydrogen-bond donors (Lipinski definition) is 6. The lowest BCUT2D eigenvalue weighted by Gasteiger charge is -2.40. The molecule has 5 aliphatic rings. The predicted molar refractivity (Wildman–Crippen MR) is 296 cm³/mol. The summed E-state index contributed by atoms with van der Waals surface area (Å²) in [6.07, 6.45) is -6.46. The third-order valence-corrected chi connectivity index (χ3v) is 16.1. The first-order valence-electron chi connectivity index (χ1n) is 27.2. The van der Waals surface area contributed by atoms with Gasteiger partial charge in [-0.05, 0) is 70.5 Å². The van der Waals surface area contributed by atoms with Crippen molar-refractivity contribution in [1.82, 2.24) is 10.6 Å². The summed E-state index contributed by atoms with van der Waals surface area (Å²) < 4.78 is 66.8. The van der Waals surface area contributed by atoms with Crippen LogP contribution in [0.1, 0.15) is 64.3 Å². The van der Waals surface area contributed by atoms with Crippen molar-refractivity contribution in [1.29, 1.82) is 0 Å². The molecular formula is C62H64N4O17. The minimum Gasteiger partial charge on any atom is -0.497 e. The van der Waals surface area contributed by atoms with E-state index in [4.69, 9.17) is 57.8 Å². The van der Waals surface area contributed by atoms with Gasteiger partial charge < -0.3 is 84.0 Å². The van der Waals surface area contributed by atoms with Crippen molar-refractivity contribution >= 4 is 29.7 Å². The Bertz CT molecular complexity index is 3290. The molecule has 7 N–H and O–H groups in total. The second-order valence-corrected chi connectivity index (χ2v) is 20.7. The zero-order chi connectivity index (χ0) is 58.0. The fourth-order valence-electron chi connectivity index (χ4n) is 12.3. The van der Waals surface area contributed by atoms with Gasteiger partial charge in [0.15, 0.2) is 17.5 Å². The summed E-state index contributed by atoms with van der Waals surface area (Å²) in [5.74, 6) is -2.87. The molecule has 2 saturated heterocycles. The number of benzene rings is 6. The highest BCUT2D eigenvalue weighted by Crippen LogP contribution is 2.70. The first kappa shape index (κ1) is 56.6. The van der Waals surface area contributed by atoms with Crippen LogP contribution in [-0.4, -0.2) is 126 Å². The van der Waals surface area contributed by atoms with Gasteiger partial charge >= 0.3 is 18.1 Å². The molecule has 434 valence electrons. The Labute approximate surface area is 478 Å². The van der Waals surface area contributed by atoms with E-state index in [0.29, 0.717) is 34.5 Å². The molecule has 21 nitrogen and oxygen atoms in total. The molecule has 1 saturated carbocycles. The van der Waals surface area contributed by atoms with Gasteiger partial charge in [0.1, 0.15) is 54.0 Å². The zero-order valence-corrected chi connectivity index (χ0v) is 45.9. The van der Waals surface area contributed by atoms with E-state index in [1.54, 1.807) is 78.9 Å². The van der Waals surface area contributed by atoms with Crippen LogP contribution in [0.25, 0.3) is 11.1 Å². The highest BCUT2D eigenvalue weighted by Gasteiger charge is 2.78. The van der Waals surface area contributed by atoms with E-state index in [1.807, 2.05) is 54.6 Å². The number of urea groups is 1. The number of rotatable bonds is 19.